The maximum absolute atomic E-state index is 15.6. The monoisotopic (exact) mass is 521 g/mol. The van der Waals surface area contributed by atoms with Crippen LogP contribution in [0.4, 0.5) is 10.1 Å². The Kier molecular flexibility index (Phi) is 6.44. The van der Waals surface area contributed by atoms with Crippen LogP contribution in [-0.4, -0.2) is 34.5 Å². The molecule has 1 fully saturated rings. The number of amides is 1. The number of nitrogens with one attached hydrogen (secondary N) is 2. The van der Waals surface area contributed by atoms with E-state index in [0.29, 0.717) is 22.8 Å². The van der Waals surface area contributed by atoms with E-state index in [-0.39, 0.29) is 21.9 Å². The third-order valence-electron chi connectivity index (χ3n) is 6.42. The Hall–Kier alpha value is -2.22. The summed E-state index contributed by atoms with van der Waals surface area (Å²) in [6.45, 7) is 11.4. The predicted octanol–water partition coefficient (Wildman–Crippen LogP) is 5.62. The highest BCUT2D eigenvalue weighted by molar-refractivity contribution is 6.31. The van der Waals surface area contributed by atoms with Crippen LogP contribution in [0, 0.1) is 11.2 Å². The van der Waals surface area contributed by atoms with Crippen LogP contribution in [0.15, 0.2) is 30.5 Å². The number of pyridine rings is 1. The maximum atomic E-state index is 15.6. The molecule has 0 radical (unpaired) electrons. The number of rotatable bonds is 3. The smallest absolute Gasteiger partial charge is 0.324 e. The normalized spacial score (nSPS) is 26.1. The number of hydrogen-bond acceptors (Lipinski definition) is 5. The highest BCUT2D eigenvalue weighted by Gasteiger charge is 2.67. The molecule has 188 valence electrons. The average Bonchev–Trinajstić information content (AvgIpc) is 3.17. The molecule has 2 N–H and O–H groups in total. The zero-order chi connectivity index (χ0) is 25.9. The summed E-state index contributed by atoms with van der Waals surface area (Å²) >= 11 is 12.4. The molecule has 4 atom stereocenters. The lowest BCUT2D eigenvalue weighted by Crippen LogP contribution is -2.50. The van der Waals surface area contributed by atoms with Gasteiger partial charge in [0, 0.05) is 18.2 Å². The number of halogens is 3. The van der Waals surface area contributed by atoms with Crippen LogP contribution in [0.25, 0.3) is 0 Å². The van der Waals surface area contributed by atoms with Crippen molar-refractivity contribution < 1.29 is 18.7 Å². The molecular formula is C26H30Cl2FN3O3. The minimum Gasteiger partial charge on any atom is -0.459 e. The molecule has 6 nitrogen and oxygen atoms in total. The standard InChI is InChI=1S/C26H30Cl2FN3O3/c1-24(2,3)11-17-26(21-16(31-23(26)34)10-13(27)12-30-21)18(14-8-7-9-15(28)19(14)29)20(32-17)22(33)35-25(4,5)6/h7-10,12,17-18,20,32H,11H2,1-6H3,(H,31,34)/t17-,18-,20+,26+/m0/s1. The molecule has 0 aliphatic carbocycles. The first kappa shape index (κ1) is 25.9. The minimum absolute atomic E-state index is 0.0949. The van der Waals surface area contributed by atoms with Crippen LogP contribution in [0.2, 0.25) is 10.0 Å². The molecule has 1 saturated heterocycles. The van der Waals surface area contributed by atoms with E-state index in [9.17, 15) is 9.59 Å². The molecule has 3 heterocycles. The van der Waals surface area contributed by atoms with E-state index in [1.165, 1.54) is 12.3 Å². The van der Waals surface area contributed by atoms with Crippen molar-refractivity contribution >= 4 is 40.8 Å². The first-order valence-electron chi connectivity index (χ1n) is 11.6. The largest absolute Gasteiger partial charge is 0.459 e. The van der Waals surface area contributed by atoms with Crippen molar-refractivity contribution in [2.45, 2.75) is 77.0 Å². The summed E-state index contributed by atoms with van der Waals surface area (Å²) in [4.78, 5) is 32.1. The van der Waals surface area contributed by atoms with E-state index < -0.39 is 40.8 Å². The second kappa shape index (κ2) is 8.71. The summed E-state index contributed by atoms with van der Waals surface area (Å²) in [6, 6.07) is 4.65. The molecule has 1 amide bonds. The first-order chi connectivity index (χ1) is 16.1. The number of anilines is 1. The number of aromatic nitrogens is 1. The molecule has 4 rings (SSSR count). The Morgan fingerprint density at radius 2 is 1.89 bits per heavy atom. The Bertz CT molecular complexity index is 1190. The van der Waals surface area contributed by atoms with Crippen molar-refractivity contribution in [3.63, 3.8) is 0 Å². The summed E-state index contributed by atoms with van der Waals surface area (Å²) in [5.74, 6) is -2.61. The number of carbonyl (C=O) groups excluding carboxylic acids is 2. The molecule has 0 unspecified atom stereocenters. The van der Waals surface area contributed by atoms with Crippen LogP contribution in [0.3, 0.4) is 0 Å². The second-order valence-electron chi connectivity index (χ2n) is 11.5. The number of nitrogens with zero attached hydrogens (tertiary/aromatic N) is 1. The number of ether oxygens (including phenoxy) is 1. The van der Waals surface area contributed by atoms with Gasteiger partial charge in [-0.05, 0) is 50.3 Å². The summed E-state index contributed by atoms with van der Waals surface area (Å²) in [5.41, 5.74) is -1.41. The van der Waals surface area contributed by atoms with E-state index in [0.717, 1.165) is 0 Å². The molecule has 0 saturated carbocycles. The molecular weight excluding hydrogens is 492 g/mol. The second-order valence-corrected chi connectivity index (χ2v) is 12.3. The number of hydrogen-bond donors (Lipinski definition) is 2. The molecule has 1 aromatic carbocycles. The third-order valence-corrected chi connectivity index (χ3v) is 6.92. The Labute approximate surface area is 214 Å². The Morgan fingerprint density at radius 1 is 1.20 bits per heavy atom. The summed E-state index contributed by atoms with van der Waals surface area (Å²) < 4.78 is 21.3. The van der Waals surface area contributed by atoms with Crippen molar-refractivity contribution in [2.24, 2.45) is 5.41 Å². The van der Waals surface area contributed by atoms with Crippen LogP contribution in [0.5, 0.6) is 0 Å². The zero-order valence-electron chi connectivity index (χ0n) is 20.6. The van der Waals surface area contributed by atoms with Crippen LogP contribution >= 0.6 is 23.2 Å². The van der Waals surface area contributed by atoms with Crippen molar-refractivity contribution in [1.82, 2.24) is 10.3 Å². The lowest BCUT2D eigenvalue weighted by atomic mass is 9.64. The maximum Gasteiger partial charge on any atom is 0.324 e. The van der Waals surface area contributed by atoms with Gasteiger partial charge in [0.2, 0.25) is 5.91 Å². The van der Waals surface area contributed by atoms with E-state index >= 15 is 4.39 Å². The molecule has 2 aliphatic heterocycles. The van der Waals surface area contributed by atoms with Crippen molar-refractivity contribution in [2.75, 3.05) is 5.32 Å². The van der Waals surface area contributed by atoms with Gasteiger partial charge in [-0.25, -0.2) is 4.39 Å². The number of fused-ring (bicyclic) bond motifs is 2. The highest BCUT2D eigenvalue weighted by Crippen LogP contribution is 2.56. The molecule has 35 heavy (non-hydrogen) atoms. The third kappa shape index (κ3) is 4.54. The van der Waals surface area contributed by atoms with Gasteiger partial charge in [0.1, 0.15) is 22.9 Å². The predicted molar refractivity (Wildman–Crippen MR) is 134 cm³/mol. The summed E-state index contributed by atoms with van der Waals surface area (Å²) in [5, 5.41) is 6.52. The van der Waals surface area contributed by atoms with E-state index in [4.69, 9.17) is 27.9 Å². The van der Waals surface area contributed by atoms with Gasteiger partial charge in [0.15, 0.2) is 0 Å². The molecule has 2 aromatic rings. The molecule has 0 bridgehead atoms. The molecule has 2 aliphatic rings. The SMILES string of the molecule is CC(C)(C)C[C@@H]1N[C@@H](C(=O)OC(C)(C)C)[C@H](c2cccc(Cl)c2F)[C@]12C(=O)Nc1cc(Cl)cnc12. The topological polar surface area (TPSA) is 80.3 Å². The van der Waals surface area contributed by atoms with Gasteiger partial charge in [-0.15, -0.1) is 0 Å². The van der Waals surface area contributed by atoms with Crippen LogP contribution in [-0.2, 0) is 19.7 Å². The molecule has 9 heteroatoms. The lowest BCUT2D eigenvalue weighted by molar-refractivity contribution is -0.157. The highest BCUT2D eigenvalue weighted by atomic mass is 35.5. The molecule has 1 aromatic heterocycles. The fourth-order valence-electron chi connectivity index (χ4n) is 5.32. The first-order valence-corrected chi connectivity index (χ1v) is 12.3. The fourth-order valence-corrected chi connectivity index (χ4v) is 5.66. The van der Waals surface area contributed by atoms with E-state index in [1.807, 2.05) is 20.8 Å². The van der Waals surface area contributed by atoms with Gasteiger partial charge >= 0.3 is 5.97 Å². The Balaban J connectivity index is 2.01. The van der Waals surface area contributed by atoms with E-state index in [2.05, 4.69) is 15.6 Å². The van der Waals surface area contributed by atoms with Gasteiger partial charge in [-0.2, -0.15) is 0 Å². The minimum atomic E-state index is -1.40. The number of esters is 1. The van der Waals surface area contributed by atoms with Gasteiger partial charge < -0.3 is 10.1 Å². The molecule has 1 spiro atoms. The number of carbonyl (C=O) groups is 2. The quantitative estimate of drug-likeness (QED) is 0.512. The fraction of sp³-hybridized carbons (Fsp3) is 0.500. The van der Waals surface area contributed by atoms with Gasteiger partial charge in [-0.3, -0.25) is 19.9 Å². The van der Waals surface area contributed by atoms with Gasteiger partial charge in [-0.1, -0.05) is 56.1 Å². The average molecular weight is 522 g/mol. The van der Waals surface area contributed by atoms with Crippen LogP contribution < -0.4 is 10.6 Å². The Morgan fingerprint density at radius 3 is 2.51 bits per heavy atom. The lowest BCUT2D eigenvalue weighted by Gasteiger charge is -2.37. The number of benzene rings is 1. The van der Waals surface area contributed by atoms with Crippen LogP contribution in [0.1, 0.15) is 65.1 Å². The van der Waals surface area contributed by atoms with Crippen molar-refractivity contribution in [3.05, 3.63) is 57.6 Å². The van der Waals surface area contributed by atoms with Gasteiger partial charge in [0.05, 0.1) is 21.4 Å². The zero-order valence-corrected chi connectivity index (χ0v) is 22.1. The van der Waals surface area contributed by atoms with Crippen molar-refractivity contribution in [3.8, 4) is 0 Å². The van der Waals surface area contributed by atoms with Crippen molar-refractivity contribution in [1.29, 1.82) is 0 Å². The van der Waals surface area contributed by atoms with E-state index in [1.54, 1.807) is 39.0 Å². The summed E-state index contributed by atoms with van der Waals surface area (Å²) in [6.07, 6.45) is 1.96. The summed E-state index contributed by atoms with van der Waals surface area (Å²) in [7, 11) is 0. The van der Waals surface area contributed by atoms with Gasteiger partial charge in [0.25, 0.3) is 0 Å².